The van der Waals surface area contributed by atoms with Crippen LogP contribution in [0.5, 0.6) is 11.5 Å². The lowest BCUT2D eigenvalue weighted by atomic mass is 10.1. The van der Waals surface area contributed by atoms with Gasteiger partial charge >= 0.3 is 5.97 Å². The molecule has 9 heteroatoms. The van der Waals surface area contributed by atoms with Crippen LogP contribution in [0.3, 0.4) is 0 Å². The Morgan fingerprint density at radius 1 is 1.29 bits per heavy atom. The van der Waals surface area contributed by atoms with Crippen LogP contribution in [0.4, 0.5) is 8.78 Å². The molecule has 2 atom stereocenters. The van der Waals surface area contributed by atoms with E-state index in [2.05, 4.69) is 0 Å². The van der Waals surface area contributed by atoms with E-state index < -0.39 is 33.9 Å². The fourth-order valence-electron chi connectivity index (χ4n) is 3.17. The maximum absolute atomic E-state index is 14.6. The molecule has 3 rings (SSSR count). The van der Waals surface area contributed by atoms with Crippen LogP contribution in [0.1, 0.15) is 29.7 Å². The van der Waals surface area contributed by atoms with E-state index in [-0.39, 0.29) is 39.5 Å². The molecule has 0 spiro atoms. The van der Waals surface area contributed by atoms with Gasteiger partial charge in [-0.1, -0.05) is 0 Å². The van der Waals surface area contributed by atoms with Crippen LogP contribution < -0.4 is 4.74 Å². The first-order chi connectivity index (χ1) is 13.1. The summed E-state index contributed by atoms with van der Waals surface area (Å²) < 4.78 is 63.1. The Labute approximate surface area is 160 Å². The van der Waals surface area contributed by atoms with Gasteiger partial charge in [0.2, 0.25) is 0 Å². The zero-order valence-corrected chi connectivity index (χ0v) is 15.7. The molecule has 6 nitrogen and oxygen atoms in total. The standard InChI is InChI=1S/C19H15F2NO5S/c1-10(23)26-19-15(21)8-14-16(3-4-17(18(14)19)28(2,24)25)27-13-6-11(9-22)5-12(20)7-13/h3-7,15,19H,8H2,1-2H3. The van der Waals surface area contributed by atoms with E-state index in [4.69, 9.17) is 14.7 Å². The summed E-state index contributed by atoms with van der Waals surface area (Å²) in [4.78, 5) is 11.2. The summed E-state index contributed by atoms with van der Waals surface area (Å²) in [6, 6.07) is 7.72. The van der Waals surface area contributed by atoms with Gasteiger partial charge in [0.05, 0.1) is 16.5 Å². The average molecular weight is 407 g/mol. The SMILES string of the molecule is CC(=O)OC1c2c(S(C)(=O)=O)ccc(Oc3cc(F)cc(C#N)c3)c2CC1F. The second-order valence-electron chi connectivity index (χ2n) is 6.37. The Hall–Kier alpha value is -2.99. The van der Waals surface area contributed by atoms with Gasteiger partial charge in [-0.3, -0.25) is 4.79 Å². The summed E-state index contributed by atoms with van der Waals surface area (Å²) in [6.45, 7) is 1.10. The van der Waals surface area contributed by atoms with Crippen molar-refractivity contribution in [3.8, 4) is 17.6 Å². The third-order valence-corrected chi connectivity index (χ3v) is 5.36. The Morgan fingerprint density at radius 2 is 2.00 bits per heavy atom. The molecule has 0 N–H and O–H groups in total. The lowest BCUT2D eigenvalue weighted by Gasteiger charge is -2.18. The van der Waals surface area contributed by atoms with Crippen molar-refractivity contribution in [2.45, 2.75) is 30.5 Å². The molecule has 0 aromatic heterocycles. The minimum atomic E-state index is -3.74. The van der Waals surface area contributed by atoms with Gasteiger partial charge in [-0.25, -0.2) is 17.2 Å². The van der Waals surface area contributed by atoms with Gasteiger partial charge in [-0.05, 0) is 24.3 Å². The molecule has 0 saturated heterocycles. The zero-order chi connectivity index (χ0) is 20.6. The summed E-state index contributed by atoms with van der Waals surface area (Å²) in [5.41, 5.74) is 0.254. The topological polar surface area (TPSA) is 93.5 Å². The minimum Gasteiger partial charge on any atom is -0.457 e. The highest BCUT2D eigenvalue weighted by Crippen LogP contribution is 2.45. The van der Waals surface area contributed by atoms with Crippen LogP contribution in [0.15, 0.2) is 35.2 Å². The van der Waals surface area contributed by atoms with Gasteiger partial charge in [-0.15, -0.1) is 0 Å². The lowest BCUT2D eigenvalue weighted by Crippen LogP contribution is -2.17. The highest BCUT2D eigenvalue weighted by Gasteiger charge is 2.41. The fourth-order valence-corrected chi connectivity index (χ4v) is 4.13. The first-order valence-electron chi connectivity index (χ1n) is 8.16. The molecule has 2 unspecified atom stereocenters. The number of hydrogen-bond acceptors (Lipinski definition) is 6. The summed E-state index contributed by atoms with van der Waals surface area (Å²) in [5, 5.41) is 8.95. The summed E-state index contributed by atoms with van der Waals surface area (Å²) in [6.07, 6.45) is -2.33. The van der Waals surface area contributed by atoms with Crippen LogP contribution in [0.2, 0.25) is 0 Å². The molecule has 0 bridgehead atoms. The molecule has 0 radical (unpaired) electrons. The van der Waals surface area contributed by atoms with Crippen LogP contribution >= 0.6 is 0 Å². The largest absolute Gasteiger partial charge is 0.457 e. The molecule has 0 fully saturated rings. The molecular weight excluding hydrogens is 392 g/mol. The summed E-state index contributed by atoms with van der Waals surface area (Å²) >= 11 is 0. The van der Waals surface area contributed by atoms with Crippen LogP contribution in [-0.2, 0) is 25.8 Å². The van der Waals surface area contributed by atoms with Gasteiger partial charge in [0.25, 0.3) is 0 Å². The Kier molecular flexibility index (Phi) is 5.08. The van der Waals surface area contributed by atoms with Crippen molar-refractivity contribution in [1.82, 2.24) is 0 Å². The van der Waals surface area contributed by atoms with Crippen LogP contribution in [-0.4, -0.2) is 26.8 Å². The third kappa shape index (κ3) is 3.82. The fraction of sp³-hybridized carbons (Fsp3) is 0.263. The molecule has 0 heterocycles. The number of carbonyl (C=O) groups is 1. The number of fused-ring (bicyclic) bond motifs is 1. The predicted molar refractivity (Wildman–Crippen MR) is 93.8 cm³/mol. The van der Waals surface area contributed by atoms with Gasteiger partial charge < -0.3 is 9.47 Å². The Balaban J connectivity index is 2.14. The van der Waals surface area contributed by atoms with Crippen molar-refractivity contribution in [1.29, 1.82) is 5.26 Å². The molecule has 2 aromatic rings. The number of nitriles is 1. The highest BCUT2D eigenvalue weighted by molar-refractivity contribution is 7.90. The van der Waals surface area contributed by atoms with E-state index >= 15 is 0 Å². The molecule has 2 aromatic carbocycles. The number of rotatable bonds is 4. The van der Waals surface area contributed by atoms with E-state index in [0.717, 1.165) is 25.3 Å². The van der Waals surface area contributed by atoms with E-state index in [1.54, 1.807) is 6.07 Å². The molecule has 0 aliphatic heterocycles. The minimum absolute atomic E-state index is 0.00259. The number of carbonyl (C=O) groups excluding carboxylic acids is 1. The molecule has 146 valence electrons. The quantitative estimate of drug-likeness (QED) is 0.722. The molecule has 1 aliphatic rings. The third-order valence-electron chi connectivity index (χ3n) is 4.21. The van der Waals surface area contributed by atoms with E-state index in [1.165, 1.54) is 18.2 Å². The number of sulfone groups is 1. The average Bonchev–Trinajstić information content (AvgIpc) is 2.90. The second kappa shape index (κ2) is 7.20. The van der Waals surface area contributed by atoms with Crippen molar-refractivity contribution in [2.75, 3.05) is 6.26 Å². The number of alkyl halides is 1. The summed E-state index contributed by atoms with van der Waals surface area (Å²) in [7, 11) is -3.74. The number of benzene rings is 2. The summed E-state index contributed by atoms with van der Waals surface area (Å²) in [5.74, 6) is -1.36. The second-order valence-corrected chi connectivity index (χ2v) is 8.35. The lowest BCUT2D eigenvalue weighted by molar-refractivity contribution is -0.149. The molecular formula is C19H15F2NO5S. The number of nitrogens with zero attached hydrogens (tertiary/aromatic N) is 1. The smallest absolute Gasteiger partial charge is 0.303 e. The monoisotopic (exact) mass is 407 g/mol. The maximum atomic E-state index is 14.6. The predicted octanol–water partition coefficient (Wildman–Crippen LogP) is 3.39. The zero-order valence-electron chi connectivity index (χ0n) is 14.9. The van der Waals surface area contributed by atoms with Crippen molar-refractivity contribution in [3.63, 3.8) is 0 Å². The van der Waals surface area contributed by atoms with E-state index in [9.17, 15) is 22.0 Å². The number of esters is 1. The molecule has 0 saturated carbocycles. The van der Waals surface area contributed by atoms with E-state index in [1.807, 2.05) is 0 Å². The Bertz CT molecular complexity index is 1110. The van der Waals surface area contributed by atoms with Crippen LogP contribution in [0, 0.1) is 17.1 Å². The van der Waals surface area contributed by atoms with Crippen molar-refractivity contribution in [2.24, 2.45) is 0 Å². The molecule has 0 amide bonds. The molecule has 28 heavy (non-hydrogen) atoms. The van der Waals surface area contributed by atoms with Gasteiger partial charge in [-0.2, -0.15) is 5.26 Å². The first-order valence-corrected chi connectivity index (χ1v) is 10.0. The van der Waals surface area contributed by atoms with Crippen LogP contribution in [0.25, 0.3) is 0 Å². The van der Waals surface area contributed by atoms with E-state index in [0.29, 0.717) is 0 Å². The van der Waals surface area contributed by atoms with Crippen molar-refractivity contribution < 1.29 is 31.5 Å². The first kappa shape index (κ1) is 19.8. The van der Waals surface area contributed by atoms with Gasteiger partial charge in [0.15, 0.2) is 15.9 Å². The van der Waals surface area contributed by atoms with Crippen molar-refractivity contribution in [3.05, 3.63) is 52.8 Å². The van der Waals surface area contributed by atoms with Gasteiger partial charge in [0.1, 0.15) is 23.5 Å². The Morgan fingerprint density at radius 3 is 2.61 bits per heavy atom. The normalized spacial score (nSPS) is 18.2. The maximum Gasteiger partial charge on any atom is 0.303 e. The van der Waals surface area contributed by atoms with Gasteiger partial charge in [0, 0.05) is 36.8 Å². The van der Waals surface area contributed by atoms with Crippen molar-refractivity contribution >= 4 is 15.8 Å². The number of hydrogen-bond donors (Lipinski definition) is 0. The number of ether oxygens (including phenoxy) is 2. The molecule has 1 aliphatic carbocycles. The number of halogens is 2. The highest BCUT2D eigenvalue weighted by atomic mass is 32.2.